The molecule has 0 rings (SSSR count). The van der Waals surface area contributed by atoms with Crippen LogP contribution in [0.1, 0.15) is 27.2 Å². The maximum Gasteiger partial charge on any atom is 0.0601 e. The van der Waals surface area contributed by atoms with Gasteiger partial charge in [0.05, 0.1) is 6.54 Å². The predicted molar refractivity (Wildman–Crippen MR) is 45.8 cm³/mol. The van der Waals surface area contributed by atoms with Crippen LogP contribution in [-0.2, 0) is 0 Å². The molecule has 0 N–H and O–H groups in total. The van der Waals surface area contributed by atoms with Crippen LogP contribution in [0.2, 0.25) is 0 Å². The SMILES string of the molecule is C#CCN(CC)C(C)CC. The number of hydrogen-bond acceptors (Lipinski definition) is 1. The van der Waals surface area contributed by atoms with E-state index in [1.165, 1.54) is 6.42 Å². The van der Waals surface area contributed by atoms with Gasteiger partial charge in [0.2, 0.25) is 0 Å². The van der Waals surface area contributed by atoms with Gasteiger partial charge in [0, 0.05) is 6.04 Å². The van der Waals surface area contributed by atoms with Gasteiger partial charge in [-0.25, -0.2) is 0 Å². The third kappa shape index (κ3) is 2.89. The zero-order chi connectivity index (χ0) is 7.98. The quantitative estimate of drug-likeness (QED) is 0.536. The summed E-state index contributed by atoms with van der Waals surface area (Å²) < 4.78 is 0. The molecule has 10 heavy (non-hydrogen) atoms. The molecule has 0 fully saturated rings. The molecule has 58 valence electrons. The second kappa shape index (κ2) is 5.32. The van der Waals surface area contributed by atoms with Crippen molar-refractivity contribution in [1.29, 1.82) is 0 Å². The van der Waals surface area contributed by atoms with E-state index in [9.17, 15) is 0 Å². The Morgan fingerprint density at radius 1 is 1.50 bits per heavy atom. The van der Waals surface area contributed by atoms with Crippen molar-refractivity contribution in [3.63, 3.8) is 0 Å². The fourth-order valence-corrected chi connectivity index (χ4v) is 0.955. The lowest BCUT2D eigenvalue weighted by molar-refractivity contribution is 0.242. The third-order valence-corrected chi connectivity index (χ3v) is 1.91. The van der Waals surface area contributed by atoms with Gasteiger partial charge < -0.3 is 0 Å². The molecule has 1 heteroatoms. The fourth-order valence-electron chi connectivity index (χ4n) is 0.955. The van der Waals surface area contributed by atoms with E-state index in [4.69, 9.17) is 6.42 Å². The minimum Gasteiger partial charge on any atom is -0.290 e. The normalized spacial score (nSPS) is 13.1. The molecule has 0 saturated carbocycles. The highest BCUT2D eigenvalue weighted by atomic mass is 15.1. The molecular formula is C9H17N. The third-order valence-electron chi connectivity index (χ3n) is 1.91. The van der Waals surface area contributed by atoms with Crippen LogP contribution in [0.15, 0.2) is 0 Å². The van der Waals surface area contributed by atoms with Crippen molar-refractivity contribution in [2.24, 2.45) is 0 Å². The largest absolute Gasteiger partial charge is 0.290 e. The summed E-state index contributed by atoms with van der Waals surface area (Å²) in [6, 6.07) is 0.626. The number of hydrogen-bond donors (Lipinski definition) is 0. The van der Waals surface area contributed by atoms with E-state index in [-0.39, 0.29) is 0 Å². The van der Waals surface area contributed by atoms with Crippen LogP contribution in [0.25, 0.3) is 0 Å². The maximum atomic E-state index is 5.21. The molecule has 0 aromatic rings. The van der Waals surface area contributed by atoms with Crippen molar-refractivity contribution in [2.45, 2.75) is 33.2 Å². The molecule has 0 aliphatic carbocycles. The van der Waals surface area contributed by atoms with Crippen LogP contribution < -0.4 is 0 Å². The van der Waals surface area contributed by atoms with Crippen LogP contribution in [0.4, 0.5) is 0 Å². The molecule has 0 aliphatic heterocycles. The smallest absolute Gasteiger partial charge is 0.0601 e. The van der Waals surface area contributed by atoms with Crippen molar-refractivity contribution in [3.05, 3.63) is 0 Å². The lowest BCUT2D eigenvalue weighted by atomic mass is 10.2. The lowest BCUT2D eigenvalue weighted by Crippen LogP contribution is -2.32. The first kappa shape index (κ1) is 9.52. The molecule has 0 aliphatic rings. The van der Waals surface area contributed by atoms with Crippen molar-refractivity contribution in [3.8, 4) is 12.3 Å². The Labute approximate surface area is 64.4 Å². The number of nitrogens with zero attached hydrogens (tertiary/aromatic N) is 1. The van der Waals surface area contributed by atoms with Gasteiger partial charge in [-0.2, -0.15) is 0 Å². The van der Waals surface area contributed by atoms with Gasteiger partial charge in [0.15, 0.2) is 0 Å². The summed E-state index contributed by atoms with van der Waals surface area (Å²) >= 11 is 0. The van der Waals surface area contributed by atoms with Crippen molar-refractivity contribution in [1.82, 2.24) is 4.90 Å². The molecule has 0 saturated heterocycles. The minimum atomic E-state index is 0.626. The molecule has 0 spiro atoms. The van der Waals surface area contributed by atoms with Crippen molar-refractivity contribution >= 4 is 0 Å². The van der Waals surface area contributed by atoms with E-state index < -0.39 is 0 Å². The topological polar surface area (TPSA) is 3.24 Å². The summed E-state index contributed by atoms with van der Waals surface area (Å²) in [5.41, 5.74) is 0. The van der Waals surface area contributed by atoms with E-state index in [0.717, 1.165) is 13.1 Å². The second-order valence-electron chi connectivity index (χ2n) is 2.52. The van der Waals surface area contributed by atoms with Crippen LogP contribution in [0, 0.1) is 12.3 Å². The van der Waals surface area contributed by atoms with Gasteiger partial charge in [-0.1, -0.05) is 19.8 Å². The highest BCUT2D eigenvalue weighted by molar-refractivity contribution is 4.89. The monoisotopic (exact) mass is 139 g/mol. The molecule has 1 atom stereocenters. The molecule has 0 bridgehead atoms. The summed E-state index contributed by atoms with van der Waals surface area (Å²) in [7, 11) is 0. The van der Waals surface area contributed by atoms with E-state index >= 15 is 0 Å². The van der Waals surface area contributed by atoms with Gasteiger partial charge in [-0.15, -0.1) is 6.42 Å². The van der Waals surface area contributed by atoms with Crippen molar-refractivity contribution in [2.75, 3.05) is 13.1 Å². The zero-order valence-corrected chi connectivity index (χ0v) is 7.22. The standard InChI is InChI=1S/C9H17N/c1-5-8-10(7-3)9(4)6-2/h1,9H,6-8H2,2-4H3. The van der Waals surface area contributed by atoms with Crippen LogP contribution in [-0.4, -0.2) is 24.0 Å². The molecule has 0 heterocycles. The zero-order valence-electron chi connectivity index (χ0n) is 7.22. The number of terminal acetylenes is 1. The summed E-state index contributed by atoms with van der Waals surface area (Å²) in [4.78, 5) is 2.29. The van der Waals surface area contributed by atoms with E-state index in [1.807, 2.05) is 0 Å². The Kier molecular flexibility index (Phi) is 5.06. The van der Waals surface area contributed by atoms with Gasteiger partial charge >= 0.3 is 0 Å². The molecule has 0 radical (unpaired) electrons. The summed E-state index contributed by atoms with van der Waals surface area (Å²) in [5.74, 6) is 2.66. The molecule has 0 amide bonds. The highest BCUT2D eigenvalue weighted by Crippen LogP contribution is 2.00. The predicted octanol–water partition coefficient (Wildman–Crippen LogP) is 1.74. The summed E-state index contributed by atoms with van der Waals surface area (Å²) in [6.07, 6.45) is 6.38. The number of rotatable bonds is 4. The molecule has 1 nitrogen and oxygen atoms in total. The Morgan fingerprint density at radius 3 is 2.40 bits per heavy atom. The van der Waals surface area contributed by atoms with E-state index in [1.54, 1.807) is 0 Å². The van der Waals surface area contributed by atoms with E-state index in [2.05, 4.69) is 31.6 Å². The molecule has 0 aromatic heterocycles. The van der Waals surface area contributed by atoms with Crippen LogP contribution in [0.5, 0.6) is 0 Å². The molecular weight excluding hydrogens is 122 g/mol. The Balaban J connectivity index is 3.70. The second-order valence-corrected chi connectivity index (χ2v) is 2.52. The van der Waals surface area contributed by atoms with Gasteiger partial charge in [0.1, 0.15) is 0 Å². The van der Waals surface area contributed by atoms with E-state index in [0.29, 0.717) is 6.04 Å². The summed E-state index contributed by atoms with van der Waals surface area (Å²) in [5, 5.41) is 0. The average molecular weight is 139 g/mol. The molecule has 0 aromatic carbocycles. The van der Waals surface area contributed by atoms with Crippen LogP contribution in [0.3, 0.4) is 0 Å². The Morgan fingerprint density at radius 2 is 2.10 bits per heavy atom. The van der Waals surface area contributed by atoms with Gasteiger partial charge in [0.25, 0.3) is 0 Å². The Hall–Kier alpha value is -0.480. The average Bonchev–Trinajstić information content (AvgIpc) is 1.99. The first-order valence-corrected chi connectivity index (χ1v) is 3.93. The fraction of sp³-hybridized carbons (Fsp3) is 0.778. The lowest BCUT2D eigenvalue weighted by Gasteiger charge is -2.24. The maximum absolute atomic E-state index is 5.21. The first-order valence-electron chi connectivity index (χ1n) is 3.93. The first-order chi connectivity index (χ1) is 4.76. The minimum absolute atomic E-state index is 0.626. The Bertz CT molecular complexity index is 112. The summed E-state index contributed by atoms with van der Waals surface area (Å²) in [6.45, 7) is 8.37. The molecule has 1 unspecified atom stereocenters. The van der Waals surface area contributed by atoms with Gasteiger partial charge in [-0.3, -0.25) is 4.90 Å². The van der Waals surface area contributed by atoms with Gasteiger partial charge in [-0.05, 0) is 19.9 Å². The highest BCUT2D eigenvalue weighted by Gasteiger charge is 2.06. The van der Waals surface area contributed by atoms with Crippen molar-refractivity contribution < 1.29 is 0 Å². The van der Waals surface area contributed by atoms with Crippen LogP contribution >= 0.6 is 0 Å².